The highest BCUT2D eigenvalue weighted by molar-refractivity contribution is 5.92. The van der Waals surface area contributed by atoms with Gasteiger partial charge in [-0.3, -0.25) is 4.79 Å². The predicted octanol–water partition coefficient (Wildman–Crippen LogP) is 2.06. The van der Waals surface area contributed by atoms with Crippen LogP contribution in [0.1, 0.15) is 30.9 Å². The third-order valence-electron chi connectivity index (χ3n) is 2.62. The minimum atomic E-state index is -0.511. The summed E-state index contributed by atoms with van der Waals surface area (Å²) in [5.74, 6) is 0.711. The van der Waals surface area contributed by atoms with Crippen LogP contribution in [0.3, 0.4) is 0 Å². The van der Waals surface area contributed by atoms with Gasteiger partial charge in [-0.15, -0.1) is 0 Å². The van der Waals surface area contributed by atoms with Crippen molar-refractivity contribution < 1.29 is 14.6 Å². The van der Waals surface area contributed by atoms with E-state index in [0.717, 1.165) is 16.9 Å². The van der Waals surface area contributed by atoms with Gasteiger partial charge in [0.1, 0.15) is 12.4 Å². The van der Waals surface area contributed by atoms with E-state index in [0.29, 0.717) is 11.6 Å². The van der Waals surface area contributed by atoms with Gasteiger partial charge in [-0.1, -0.05) is 13.8 Å². The van der Waals surface area contributed by atoms with E-state index < -0.39 is 12.5 Å². The summed E-state index contributed by atoms with van der Waals surface area (Å²) in [6.45, 7) is 5.50. The number of benzene rings is 1. The monoisotopic (exact) mass is 237 g/mol. The van der Waals surface area contributed by atoms with Crippen molar-refractivity contribution in [3.05, 3.63) is 23.3 Å². The van der Waals surface area contributed by atoms with E-state index in [2.05, 4.69) is 19.2 Å². The Balaban J connectivity index is 3.15. The van der Waals surface area contributed by atoms with Crippen molar-refractivity contribution in [2.24, 2.45) is 0 Å². The molecule has 17 heavy (non-hydrogen) atoms. The first-order valence-electron chi connectivity index (χ1n) is 5.58. The molecule has 94 valence electrons. The molecule has 0 aliphatic heterocycles. The van der Waals surface area contributed by atoms with Crippen LogP contribution in [-0.2, 0) is 4.79 Å². The molecule has 2 N–H and O–H groups in total. The normalized spacial score (nSPS) is 10.5. The van der Waals surface area contributed by atoms with Gasteiger partial charge in [0.15, 0.2) is 0 Å². The number of rotatable bonds is 4. The first kappa shape index (κ1) is 13.5. The molecule has 0 spiro atoms. The summed E-state index contributed by atoms with van der Waals surface area (Å²) >= 11 is 0. The first-order valence-corrected chi connectivity index (χ1v) is 5.58. The number of carbonyl (C=O) groups is 1. The van der Waals surface area contributed by atoms with Crippen molar-refractivity contribution in [3.63, 3.8) is 0 Å². The molecule has 0 saturated heterocycles. The molecule has 0 bridgehead atoms. The molecule has 0 aliphatic rings. The molecule has 1 amide bonds. The Morgan fingerprint density at radius 2 is 2.12 bits per heavy atom. The number of aryl methyl sites for hydroxylation is 1. The molecule has 0 aliphatic carbocycles. The van der Waals surface area contributed by atoms with Gasteiger partial charge in [-0.25, -0.2) is 0 Å². The number of hydrogen-bond acceptors (Lipinski definition) is 3. The summed E-state index contributed by atoms with van der Waals surface area (Å²) in [6.07, 6.45) is 0. The van der Waals surface area contributed by atoms with Crippen LogP contribution in [0.15, 0.2) is 12.1 Å². The van der Waals surface area contributed by atoms with Gasteiger partial charge >= 0.3 is 0 Å². The third kappa shape index (κ3) is 3.20. The van der Waals surface area contributed by atoms with E-state index >= 15 is 0 Å². The van der Waals surface area contributed by atoms with Crippen LogP contribution in [0.2, 0.25) is 0 Å². The smallest absolute Gasteiger partial charge is 0.250 e. The summed E-state index contributed by atoms with van der Waals surface area (Å²) in [4.78, 5) is 11.2. The van der Waals surface area contributed by atoms with E-state index in [1.807, 2.05) is 19.1 Å². The number of hydrogen-bond donors (Lipinski definition) is 2. The summed E-state index contributed by atoms with van der Waals surface area (Å²) in [7, 11) is 1.63. The molecule has 1 aromatic carbocycles. The highest BCUT2D eigenvalue weighted by Crippen LogP contribution is 2.31. The van der Waals surface area contributed by atoms with Gasteiger partial charge in [0.25, 0.3) is 0 Å². The Bertz CT molecular complexity index is 413. The quantitative estimate of drug-likeness (QED) is 0.842. The average Bonchev–Trinajstić information content (AvgIpc) is 2.30. The molecule has 0 atom stereocenters. The summed E-state index contributed by atoms with van der Waals surface area (Å²) in [5, 5.41) is 11.4. The highest BCUT2D eigenvalue weighted by atomic mass is 16.5. The fourth-order valence-corrected chi connectivity index (χ4v) is 1.65. The number of aliphatic hydroxyl groups excluding tert-OH is 1. The van der Waals surface area contributed by atoms with Crippen LogP contribution in [0, 0.1) is 6.92 Å². The van der Waals surface area contributed by atoms with Gasteiger partial charge in [0, 0.05) is 5.69 Å². The second-order valence-electron chi connectivity index (χ2n) is 4.27. The molecule has 0 heterocycles. The van der Waals surface area contributed by atoms with Crippen molar-refractivity contribution in [2.75, 3.05) is 19.0 Å². The second-order valence-corrected chi connectivity index (χ2v) is 4.27. The number of methoxy groups -OCH3 is 1. The topological polar surface area (TPSA) is 58.6 Å². The predicted molar refractivity (Wildman–Crippen MR) is 67.5 cm³/mol. The number of aliphatic hydroxyl groups is 1. The molecular formula is C13H19NO3. The van der Waals surface area contributed by atoms with Gasteiger partial charge in [-0.05, 0) is 36.1 Å². The molecule has 4 heteroatoms. The SMILES string of the molecule is COc1cc(C)c(NC(=O)CO)cc1C(C)C. The summed E-state index contributed by atoms with van der Waals surface area (Å²) in [5.41, 5.74) is 2.66. The molecular weight excluding hydrogens is 218 g/mol. The van der Waals surface area contributed by atoms with Gasteiger partial charge in [0.2, 0.25) is 5.91 Å². The molecule has 0 radical (unpaired) electrons. The molecule has 1 rings (SSSR count). The van der Waals surface area contributed by atoms with Crippen molar-refractivity contribution in [2.45, 2.75) is 26.7 Å². The minimum Gasteiger partial charge on any atom is -0.496 e. The number of anilines is 1. The van der Waals surface area contributed by atoms with Crippen molar-refractivity contribution in [1.82, 2.24) is 0 Å². The highest BCUT2D eigenvalue weighted by Gasteiger charge is 2.12. The lowest BCUT2D eigenvalue weighted by Gasteiger charge is -2.16. The Morgan fingerprint density at radius 3 is 2.59 bits per heavy atom. The van der Waals surface area contributed by atoms with E-state index in [9.17, 15) is 4.79 Å². The molecule has 0 fully saturated rings. The Labute approximate surface area is 102 Å². The lowest BCUT2D eigenvalue weighted by molar-refractivity contribution is -0.118. The van der Waals surface area contributed by atoms with Crippen LogP contribution in [0.4, 0.5) is 5.69 Å². The van der Waals surface area contributed by atoms with Crippen LogP contribution in [0.5, 0.6) is 5.75 Å². The Hall–Kier alpha value is -1.55. The average molecular weight is 237 g/mol. The molecule has 0 aromatic heterocycles. The maximum absolute atomic E-state index is 11.2. The van der Waals surface area contributed by atoms with E-state index in [1.54, 1.807) is 7.11 Å². The molecule has 1 aromatic rings. The molecule has 0 saturated carbocycles. The largest absolute Gasteiger partial charge is 0.496 e. The van der Waals surface area contributed by atoms with Gasteiger partial charge in [-0.2, -0.15) is 0 Å². The number of nitrogens with one attached hydrogen (secondary N) is 1. The fraction of sp³-hybridized carbons (Fsp3) is 0.462. The Kier molecular flexibility index (Phi) is 4.52. The van der Waals surface area contributed by atoms with Gasteiger partial charge < -0.3 is 15.2 Å². The van der Waals surface area contributed by atoms with Crippen LogP contribution in [0.25, 0.3) is 0 Å². The lowest BCUT2D eigenvalue weighted by atomic mass is 9.99. The summed E-state index contributed by atoms with van der Waals surface area (Å²) < 4.78 is 5.31. The van der Waals surface area contributed by atoms with Crippen LogP contribution < -0.4 is 10.1 Å². The Morgan fingerprint density at radius 1 is 1.47 bits per heavy atom. The summed E-state index contributed by atoms with van der Waals surface area (Å²) in [6, 6.07) is 3.79. The zero-order valence-electron chi connectivity index (χ0n) is 10.7. The maximum Gasteiger partial charge on any atom is 0.250 e. The van der Waals surface area contributed by atoms with Crippen molar-refractivity contribution in [3.8, 4) is 5.75 Å². The van der Waals surface area contributed by atoms with E-state index in [-0.39, 0.29) is 0 Å². The van der Waals surface area contributed by atoms with Crippen molar-refractivity contribution in [1.29, 1.82) is 0 Å². The maximum atomic E-state index is 11.2. The second kappa shape index (κ2) is 5.68. The van der Waals surface area contributed by atoms with Crippen LogP contribution >= 0.6 is 0 Å². The van der Waals surface area contributed by atoms with E-state index in [1.165, 1.54) is 0 Å². The van der Waals surface area contributed by atoms with Crippen molar-refractivity contribution >= 4 is 11.6 Å². The minimum absolute atomic E-state index is 0.301. The third-order valence-corrected chi connectivity index (χ3v) is 2.62. The standard InChI is InChI=1S/C13H19NO3/c1-8(2)10-6-11(14-13(16)7-15)9(3)5-12(10)17-4/h5-6,8,15H,7H2,1-4H3,(H,14,16). The first-order chi connectivity index (χ1) is 7.99. The fourth-order valence-electron chi connectivity index (χ4n) is 1.65. The zero-order chi connectivity index (χ0) is 13.0. The van der Waals surface area contributed by atoms with E-state index in [4.69, 9.17) is 9.84 Å². The zero-order valence-corrected chi connectivity index (χ0v) is 10.7. The number of ether oxygens (including phenoxy) is 1. The van der Waals surface area contributed by atoms with Crippen LogP contribution in [-0.4, -0.2) is 24.7 Å². The lowest BCUT2D eigenvalue weighted by Crippen LogP contribution is -2.16. The number of carbonyl (C=O) groups excluding carboxylic acids is 1. The number of amides is 1. The molecule has 0 unspecified atom stereocenters. The van der Waals surface area contributed by atoms with Gasteiger partial charge in [0.05, 0.1) is 7.11 Å². The molecule has 4 nitrogen and oxygen atoms in total.